The van der Waals surface area contributed by atoms with E-state index in [1.165, 1.54) is 11.8 Å². The zero-order valence-corrected chi connectivity index (χ0v) is 17.8. The SMILES string of the molecule is C=C(NC(=O)c1ccc(CNC2=C(Cl)C(=O)c3ccccc3C2=O)cc1)S/C=C\C. The standard InChI is InChI=1S/C23H19ClN2O3S/c1-3-12-30-14(2)26-23(29)16-10-8-15(9-11-16)13-25-20-19(24)21(27)17-6-4-5-7-18(17)22(20)28/h3-12,25H,2,13H2,1H3,(H,26,29)/b12-3-. The zero-order valence-electron chi connectivity index (χ0n) is 16.2. The molecule has 5 nitrogen and oxygen atoms in total. The summed E-state index contributed by atoms with van der Waals surface area (Å²) in [5.74, 6) is -0.951. The van der Waals surface area contributed by atoms with E-state index < -0.39 is 0 Å². The Morgan fingerprint density at radius 2 is 1.70 bits per heavy atom. The monoisotopic (exact) mass is 438 g/mol. The van der Waals surface area contributed by atoms with Crippen molar-refractivity contribution in [2.24, 2.45) is 0 Å². The average Bonchev–Trinajstić information content (AvgIpc) is 2.76. The second kappa shape index (κ2) is 9.61. The lowest BCUT2D eigenvalue weighted by atomic mass is 9.92. The van der Waals surface area contributed by atoms with E-state index in [9.17, 15) is 14.4 Å². The van der Waals surface area contributed by atoms with Crippen LogP contribution in [0.15, 0.2) is 82.4 Å². The van der Waals surface area contributed by atoms with Crippen molar-refractivity contribution < 1.29 is 14.4 Å². The number of allylic oxidation sites excluding steroid dienone is 3. The minimum Gasteiger partial charge on any atom is -0.376 e. The van der Waals surface area contributed by atoms with Crippen LogP contribution >= 0.6 is 23.4 Å². The third-order valence-corrected chi connectivity index (χ3v) is 5.50. The Morgan fingerprint density at radius 1 is 1.07 bits per heavy atom. The number of ketones is 2. The summed E-state index contributed by atoms with van der Waals surface area (Å²) in [4.78, 5) is 37.3. The molecular formula is C23H19ClN2O3S. The highest BCUT2D eigenvalue weighted by molar-refractivity contribution is 8.05. The van der Waals surface area contributed by atoms with Gasteiger partial charge in [-0.3, -0.25) is 14.4 Å². The maximum absolute atomic E-state index is 12.7. The summed E-state index contributed by atoms with van der Waals surface area (Å²) in [6.07, 6.45) is 1.86. The van der Waals surface area contributed by atoms with E-state index in [4.69, 9.17) is 11.6 Å². The topological polar surface area (TPSA) is 75.3 Å². The predicted molar refractivity (Wildman–Crippen MR) is 120 cm³/mol. The van der Waals surface area contributed by atoms with Crippen LogP contribution in [0.1, 0.15) is 43.6 Å². The van der Waals surface area contributed by atoms with Crippen molar-refractivity contribution in [2.45, 2.75) is 13.5 Å². The van der Waals surface area contributed by atoms with E-state index in [2.05, 4.69) is 17.2 Å². The lowest BCUT2D eigenvalue weighted by Gasteiger charge is -2.19. The second-order valence-electron chi connectivity index (χ2n) is 6.41. The number of rotatable bonds is 7. The summed E-state index contributed by atoms with van der Waals surface area (Å²) >= 11 is 7.48. The molecule has 0 fully saturated rings. The zero-order chi connectivity index (χ0) is 21.7. The summed E-state index contributed by atoms with van der Waals surface area (Å²) < 4.78 is 0. The van der Waals surface area contributed by atoms with E-state index in [0.29, 0.717) is 21.7 Å². The molecule has 7 heteroatoms. The van der Waals surface area contributed by atoms with E-state index >= 15 is 0 Å². The molecule has 0 saturated carbocycles. The molecule has 2 N–H and O–H groups in total. The minimum atomic E-state index is -0.377. The first-order chi connectivity index (χ1) is 14.4. The largest absolute Gasteiger partial charge is 0.376 e. The van der Waals surface area contributed by atoms with Crippen LogP contribution in [-0.4, -0.2) is 17.5 Å². The Hall–Kier alpha value is -3.09. The van der Waals surface area contributed by atoms with Crippen LogP contribution in [0.3, 0.4) is 0 Å². The number of hydrogen-bond acceptors (Lipinski definition) is 5. The Bertz CT molecular complexity index is 1090. The first kappa shape index (κ1) is 21.6. The number of nitrogens with one attached hydrogen (secondary N) is 2. The van der Waals surface area contributed by atoms with E-state index in [-0.39, 0.29) is 34.7 Å². The number of halogens is 1. The number of amides is 1. The van der Waals surface area contributed by atoms with Gasteiger partial charge in [0.2, 0.25) is 11.6 Å². The van der Waals surface area contributed by atoms with Gasteiger partial charge in [-0.05, 0) is 30.0 Å². The summed E-state index contributed by atoms with van der Waals surface area (Å²) in [5, 5.41) is 7.92. The number of thioether (sulfide) groups is 1. The Kier molecular flexibility index (Phi) is 6.92. The first-order valence-corrected chi connectivity index (χ1v) is 10.4. The molecule has 0 saturated heterocycles. The molecule has 0 aromatic heterocycles. The van der Waals surface area contributed by atoms with Crippen molar-refractivity contribution in [3.63, 3.8) is 0 Å². The summed E-state index contributed by atoms with van der Waals surface area (Å²) in [5.41, 5.74) is 2.03. The third kappa shape index (κ3) is 4.72. The molecule has 0 atom stereocenters. The number of Topliss-reactive ketones (excluding diaryl/α,β-unsaturated/α-hetero) is 2. The van der Waals surface area contributed by atoms with Crippen LogP contribution in [0, 0.1) is 0 Å². The molecule has 0 aliphatic heterocycles. The molecule has 152 valence electrons. The highest BCUT2D eigenvalue weighted by Gasteiger charge is 2.30. The van der Waals surface area contributed by atoms with Crippen LogP contribution in [0.5, 0.6) is 0 Å². The third-order valence-electron chi connectivity index (χ3n) is 4.35. The van der Waals surface area contributed by atoms with Gasteiger partial charge in [-0.25, -0.2) is 0 Å². The van der Waals surface area contributed by atoms with Crippen LogP contribution in [0.4, 0.5) is 0 Å². The number of fused-ring (bicyclic) bond motifs is 1. The van der Waals surface area contributed by atoms with Gasteiger partial charge < -0.3 is 10.6 Å². The highest BCUT2D eigenvalue weighted by Crippen LogP contribution is 2.27. The average molecular weight is 439 g/mol. The van der Waals surface area contributed by atoms with Gasteiger partial charge >= 0.3 is 0 Å². The van der Waals surface area contributed by atoms with Crippen molar-refractivity contribution in [3.05, 3.63) is 105 Å². The fraction of sp³-hybridized carbons (Fsp3) is 0.0870. The van der Waals surface area contributed by atoms with E-state index in [1.807, 2.05) is 18.4 Å². The molecule has 0 unspecified atom stereocenters. The molecule has 0 spiro atoms. The van der Waals surface area contributed by atoms with Crippen molar-refractivity contribution in [1.82, 2.24) is 10.6 Å². The van der Waals surface area contributed by atoms with E-state index in [1.54, 1.807) is 48.5 Å². The van der Waals surface area contributed by atoms with Gasteiger partial charge in [0, 0.05) is 23.2 Å². The highest BCUT2D eigenvalue weighted by atomic mass is 35.5. The lowest BCUT2D eigenvalue weighted by Crippen LogP contribution is -2.28. The van der Waals surface area contributed by atoms with Crippen molar-refractivity contribution >= 4 is 40.8 Å². The summed E-state index contributed by atoms with van der Waals surface area (Å²) in [6, 6.07) is 13.5. The van der Waals surface area contributed by atoms with Crippen LogP contribution in [0.25, 0.3) is 0 Å². The van der Waals surface area contributed by atoms with Crippen LogP contribution in [0.2, 0.25) is 0 Å². The maximum Gasteiger partial charge on any atom is 0.256 e. The van der Waals surface area contributed by atoms with Gasteiger partial charge in [-0.15, -0.1) is 0 Å². The quantitative estimate of drug-likeness (QED) is 0.651. The fourth-order valence-electron chi connectivity index (χ4n) is 2.85. The number of benzene rings is 2. The van der Waals surface area contributed by atoms with E-state index in [0.717, 1.165) is 5.56 Å². The summed E-state index contributed by atoms with van der Waals surface area (Å²) in [7, 11) is 0. The number of carbonyl (C=O) groups is 3. The van der Waals surface area contributed by atoms with Crippen molar-refractivity contribution in [3.8, 4) is 0 Å². The molecule has 2 aromatic rings. The van der Waals surface area contributed by atoms with Crippen LogP contribution < -0.4 is 10.6 Å². The number of hydrogen-bond donors (Lipinski definition) is 2. The Labute approximate surface area is 183 Å². The van der Waals surface area contributed by atoms with Crippen LogP contribution in [-0.2, 0) is 6.54 Å². The smallest absolute Gasteiger partial charge is 0.256 e. The van der Waals surface area contributed by atoms with Crippen molar-refractivity contribution in [2.75, 3.05) is 0 Å². The van der Waals surface area contributed by atoms with Crippen molar-refractivity contribution in [1.29, 1.82) is 0 Å². The summed E-state index contributed by atoms with van der Waals surface area (Å²) in [6.45, 7) is 5.94. The first-order valence-electron chi connectivity index (χ1n) is 9.11. The Balaban J connectivity index is 1.66. The fourth-order valence-corrected chi connectivity index (χ4v) is 3.55. The molecule has 1 aliphatic carbocycles. The second-order valence-corrected chi connectivity index (χ2v) is 7.79. The molecule has 0 bridgehead atoms. The molecule has 0 radical (unpaired) electrons. The Morgan fingerprint density at radius 3 is 2.33 bits per heavy atom. The molecule has 1 aliphatic rings. The molecule has 0 heterocycles. The van der Waals surface area contributed by atoms with Gasteiger partial charge in [0.15, 0.2) is 0 Å². The van der Waals surface area contributed by atoms with Gasteiger partial charge in [-0.1, -0.05) is 72.4 Å². The predicted octanol–water partition coefficient (Wildman–Crippen LogP) is 4.77. The number of carbonyl (C=O) groups excluding carboxylic acids is 3. The van der Waals surface area contributed by atoms with Gasteiger partial charge in [0.1, 0.15) is 10.7 Å². The minimum absolute atomic E-state index is 0.0829. The lowest BCUT2D eigenvalue weighted by molar-refractivity contribution is 0.0968. The van der Waals surface area contributed by atoms with Gasteiger partial charge in [-0.2, -0.15) is 0 Å². The molecule has 1 amide bonds. The molecule has 30 heavy (non-hydrogen) atoms. The molecular weight excluding hydrogens is 420 g/mol. The molecule has 3 rings (SSSR count). The van der Waals surface area contributed by atoms with Gasteiger partial charge in [0.25, 0.3) is 5.91 Å². The maximum atomic E-state index is 12.7. The molecule has 2 aromatic carbocycles. The normalized spacial score (nSPS) is 13.4. The van der Waals surface area contributed by atoms with Gasteiger partial charge in [0.05, 0.1) is 5.03 Å².